The van der Waals surface area contributed by atoms with Crippen molar-refractivity contribution in [1.29, 1.82) is 0 Å². The highest BCUT2D eigenvalue weighted by Crippen LogP contribution is 2.26. The molecular weight excluding hydrogens is 320 g/mol. The fourth-order valence-electron chi connectivity index (χ4n) is 3.29. The molecular formula is C19H22N2O2S. The Morgan fingerprint density at radius 1 is 1.25 bits per heavy atom. The smallest absolute Gasteiger partial charge is 0.276 e. The molecule has 1 aromatic carbocycles. The molecule has 1 aliphatic heterocycles. The molecule has 1 aliphatic carbocycles. The van der Waals surface area contributed by atoms with Gasteiger partial charge in [-0.05, 0) is 37.2 Å². The van der Waals surface area contributed by atoms with Crippen LogP contribution in [0.4, 0.5) is 0 Å². The quantitative estimate of drug-likeness (QED) is 0.670. The summed E-state index contributed by atoms with van der Waals surface area (Å²) in [5, 5.41) is 3.58. The predicted octanol–water partition coefficient (Wildman–Crippen LogP) is 3.64. The van der Waals surface area contributed by atoms with Gasteiger partial charge in [-0.25, -0.2) is 0 Å². The van der Waals surface area contributed by atoms with Crippen LogP contribution in [0.2, 0.25) is 0 Å². The molecule has 1 aromatic rings. The molecule has 0 unspecified atom stereocenters. The number of hydrogen-bond acceptors (Lipinski definition) is 3. The van der Waals surface area contributed by atoms with Gasteiger partial charge in [-0.15, -0.1) is 0 Å². The average Bonchev–Trinajstić information content (AvgIpc) is 2.90. The molecule has 1 heterocycles. The van der Waals surface area contributed by atoms with E-state index in [9.17, 15) is 4.79 Å². The van der Waals surface area contributed by atoms with E-state index in [2.05, 4.69) is 5.32 Å². The Labute approximate surface area is 148 Å². The van der Waals surface area contributed by atoms with E-state index in [-0.39, 0.29) is 11.9 Å². The molecule has 0 atom stereocenters. The van der Waals surface area contributed by atoms with Gasteiger partial charge in [0.15, 0.2) is 5.11 Å². The molecule has 3 rings (SSSR count). The first kappa shape index (κ1) is 16.7. The van der Waals surface area contributed by atoms with Gasteiger partial charge in [-0.1, -0.05) is 49.6 Å². The highest BCUT2D eigenvalue weighted by Gasteiger charge is 2.36. The normalized spacial score (nSPS) is 20.9. The van der Waals surface area contributed by atoms with Gasteiger partial charge < -0.3 is 10.1 Å². The second-order valence-corrected chi connectivity index (χ2v) is 6.47. The lowest BCUT2D eigenvalue weighted by Crippen LogP contribution is -2.41. The Kier molecular flexibility index (Phi) is 5.30. The van der Waals surface area contributed by atoms with Gasteiger partial charge in [0.1, 0.15) is 11.4 Å². The van der Waals surface area contributed by atoms with Crippen LogP contribution in [0.15, 0.2) is 42.1 Å². The summed E-state index contributed by atoms with van der Waals surface area (Å²) < 4.78 is 5.32. The maximum Gasteiger partial charge on any atom is 0.276 e. The first-order chi connectivity index (χ1) is 11.7. The maximum atomic E-state index is 12.6. The van der Waals surface area contributed by atoms with E-state index < -0.39 is 0 Å². The molecule has 5 heteroatoms. The van der Waals surface area contributed by atoms with Crippen molar-refractivity contribution in [3.05, 3.63) is 47.7 Å². The second kappa shape index (κ2) is 7.62. The molecule has 1 saturated heterocycles. The standard InChI is InChI=1S/C19H22N2O2S/c1-23-17-13-6-5-8-14(17)9-7-12-16-18(22)21(19(24)20-16)15-10-3-2-4-11-15/h5-9,12-13,15H,2-4,10-11H2,1H3,(H,20,24)/b9-7+,16-12+. The number of amides is 1. The van der Waals surface area contributed by atoms with E-state index >= 15 is 0 Å². The molecule has 1 amide bonds. The summed E-state index contributed by atoms with van der Waals surface area (Å²) in [6, 6.07) is 8.00. The predicted molar refractivity (Wildman–Crippen MR) is 99.6 cm³/mol. The maximum absolute atomic E-state index is 12.6. The van der Waals surface area contributed by atoms with E-state index in [1.54, 1.807) is 18.1 Å². The number of rotatable bonds is 4. The molecule has 0 spiro atoms. The van der Waals surface area contributed by atoms with Crippen LogP contribution in [0.5, 0.6) is 5.75 Å². The summed E-state index contributed by atoms with van der Waals surface area (Å²) in [7, 11) is 1.65. The third-order valence-electron chi connectivity index (χ3n) is 4.53. The lowest BCUT2D eigenvalue weighted by Gasteiger charge is -2.29. The van der Waals surface area contributed by atoms with Crippen molar-refractivity contribution < 1.29 is 9.53 Å². The largest absolute Gasteiger partial charge is 0.496 e. The number of ether oxygens (including phenoxy) is 1. The topological polar surface area (TPSA) is 41.6 Å². The van der Waals surface area contributed by atoms with E-state index in [0.29, 0.717) is 10.8 Å². The van der Waals surface area contributed by atoms with Gasteiger partial charge in [0.2, 0.25) is 0 Å². The first-order valence-electron chi connectivity index (χ1n) is 8.36. The number of carbonyl (C=O) groups is 1. The van der Waals surface area contributed by atoms with Gasteiger partial charge in [0.05, 0.1) is 7.11 Å². The molecule has 0 aromatic heterocycles. The van der Waals surface area contributed by atoms with Crippen LogP contribution in [0, 0.1) is 0 Å². The van der Waals surface area contributed by atoms with E-state index in [0.717, 1.165) is 24.2 Å². The summed E-state index contributed by atoms with van der Waals surface area (Å²) in [6.07, 6.45) is 11.2. The van der Waals surface area contributed by atoms with Crippen LogP contribution in [0.1, 0.15) is 37.7 Å². The summed E-state index contributed by atoms with van der Waals surface area (Å²) in [4.78, 5) is 14.4. The van der Waals surface area contributed by atoms with Gasteiger partial charge >= 0.3 is 0 Å². The van der Waals surface area contributed by atoms with Gasteiger partial charge in [0, 0.05) is 11.6 Å². The number of thiocarbonyl (C=S) groups is 1. The Morgan fingerprint density at radius 2 is 2.00 bits per heavy atom. The number of hydrogen-bond donors (Lipinski definition) is 1. The Bertz CT molecular complexity index is 690. The Morgan fingerprint density at radius 3 is 2.75 bits per heavy atom. The summed E-state index contributed by atoms with van der Waals surface area (Å²) in [5.41, 5.74) is 1.51. The van der Waals surface area contributed by atoms with Gasteiger partial charge in [0.25, 0.3) is 5.91 Å². The molecule has 0 radical (unpaired) electrons. The fraction of sp³-hybridized carbons (Fsp3) is 0.368. The molecule has 126 valence electrons. The van der Waals surface area contributed by atoms with E-state index in [1.165, 1.54) is 19.3 Å². The molecule has 2 aliphatic rings. The van der Waals surface area contributed by atoms with Crippen LogP contribution >= 0.6 is 12.2 Å². The van der Waals surface area contributed by atoms with Crippen molar-refractivity contribution in [3.63, 3.8) is 0 Å². The number of methoxy groups -OCH3 is 1. The average molecular weight is 342 g/mol. The highest BCUT2D eigenvalue weighted by molar-refractivity contribution is 7.80. The highest BCUT2D eigenvalue weighted by atomic mass is 32.1. The number of benzene rings is 1. The third kappa shape index (κ3) is 3.51. The zero-order valence-corrected chi connectivity index (χ0v) is 14.6. The number of allylic oxidation sites excluding steroid dienone is 2. The number of nitrogens with zero attached hydrogens (tertiary/aromatic N) is 1. The number of nitrogens with one attached hydrogen (secondary N) is 1. The lowest BCUT2D eigenvalue weighted by atomic mass is 9.94. The van der Waals surface area contributed by atoms with Crippen LogP contribution in [-0.4, -0.2) is 29.1 Å². The summed E-state index contributed by atoms with van der Waals surface area (Å²) >= 11 is 5.37. The van der Waals surface area contributed by atoms with Crippen molar-refractivity contribution in [2.75, 3.05) is 7.11 Å². The van der Waals surface area contributed by atoms with Gasteiger partial charge in [-0.3, -0.25) is 9.69 Å². The van der Waals surface area contributed by atoms with Crippen LogP contribution in [0.3, 0.4) is 0 Å². The van der Waals surface area contributed by atoms with E-state index in [4.69, 9.17) is 17.0 Å². The van der Waals surface area contributed by atoms with Crippen molar-refractivity contribution in [2.24, 2.45) is 0 Å². The molecule has 4 nitrogen and oxygen atoms in total. The lowest BCUT2D eigenvalue weighted by molar-refractivity contribution is -0.124. The minimum absolute atomic E-state index is 0.0171. The molecule has 0 bridgehead atoms. The van der Waals surface area contributed by atoms with Crippen LogP contribution < -0.4 is 10.1 Å². The first-order valence-corrected chi connectivity index (χ1v) is 8.77. The van der Waals surface area contributed by atoms with Crippen molar-refractivity contribution in [3.8, 4) is 5.75 Å². The second-order valence-electron chi connectivity index (χ2n) is 6.08. The molecule has 2 fully saturated rings. The van der Waals surface area contributed by atoms with Gasteiger partial charge in [-0.2, -0.15) is 0 Å². The molecule has 1 N–H and O–H groups in total. The summed E-state index contributed by atoms with van der Waals surface area (Å²) in [5.74, 6) is 0.786. The van der Waals surface area contributed by atoms with Crippen molar-refractivity contribution in [2.45, 2.75) is 38.1 Å². The fourth-order valence-corrected chi connectivity index (χ4v) is 3.63. The number of carbonyl (C=O) groups excluding carboxylic acids is 1. The third-order valence-corrected chi connectivity index (χ3v) is 4.83. The minimum Gasteiger partial charge on any atom is -0.496 e. The van der Waals surface area contributed by atoms with Crippen molar-refractivity contribution >= 4 is 29.3 Å². The SMILES string of the molecule is COc1ccccc1/C=C/C=C1/NC(=S)N(C2CCCCC2)C1=O. The Balaban J connectivity index is 1.73. The minimum atomic E-state index is -0.0171. The molecule has 24 heavy (non-hydrogen) atoms. The molecule has 1 saturated carbocycles. The Hall–Kier alpha value is -2.14. The van der Waals surface area contributed by atoms with E-state index in [1.807, 2.05) is 36.4 Å². The zero-order valence-electron chi connectivity index (χ0n) is 13.8. The number of para-hydroxylation sites is 1. The summed E-state index contributed by atoms with van der Waals surface area (Å²) in [6.45, 7) is 0. The van der Waals surface area contributed by atoms with Crippen LogP contribution in [0.25, 0.3) is 6.08 Å². The van der Waals surface area contributed by atoms with Crippen LogP contribution in [-0.2, 0) is 4.79 Å². The monoisotopic (exact) mass is 342 g/mol. The van der Waals surface area contributed by atoms with Crippen molar-refractivity contribution in [1.82, 2.24) is 10.2 Å². The zero-order chi connectivity index (χ0) is 16.9.